The fraction of sp³-hybridized carbons (Fsp3) is 0.438. The molecule has 0 saturated heterocycles. The lowest BCUT2D eigenvalue weighted by Gasteiger charge is -2.34. The summed E-state index contributed by atoms with van der Waals surface area (Å²) in [6, 6.07) is 7.40. The Morgan fingerprint density at radius 2 is 2.09 bits per heavy atom. The van der Waals surface area contributed by atoms with Gasteiger partial charge < -0.3 is 4.98 Å². The number of rotatable bonds is 5. The number of hydrogen-bond acceptors (Lipinski definition) is 4. The average molecular weight is 334 g/mol. The number of nitrogens with one attached hydrogen (secondary N) is 2. The first kappa shape index (κ1) is 16.2. The smallest absolute Gasteiger partial charge is 0.240 e. The van der Waals surface area contributed by atoms with Crippen LogP contribution >= 0.6 is 0 Å². The molecule has 0 fully saturated rings. The van der Waals surface area contributed by atoms with Gasteiger partial charge in [-0.2, -0.15) is 0 Å². The van der Waals surface area contributed by atoms with Crippen LogP contribution in [-0.4, -0.2) is 36.9 Å². The lowest BCUT2D eigenvalue weighted by atomic mass is 10.00. The molecule has 1 aromatic carbocycles. The molecule has 124 valence electrons. The summed E-state index contributed by atoms with van der Waals surface area (Å²) in [5, 5.41) is 0. The van der Waals surface area contributed by atoms with Gasteiger partial charge in [-0.3, -0.25) is 4.90 Å². The third-order valence-corrected chi connectivity index (χ3v) is 5.86. The zero-order chi connectivity index (χ0) is 16.4. The molecule has 2 N–H and O–H groups in total. The highest BCUT2D eigenvalue weighted by Crippen LogP contribution is 2.31. The van der Waals surface area contributed by atoms with Crippen LogP contribution in [0.3, 0.4) is 0 Å². The zero-order valence-electron chi connectivity index (χ0n) is 13.4. The molecule has 2 aromatic rings. The van der Waals surface area contributed by atoms with E-state index in [4.69, 9.17) is 0 Å². The van der Waals surface area contributed by atoms with E-state index >= 15 is 0 Å². The molecule has 1 aliphatic rings. The van der Waals surface area contributed by atoms with Gasteiger partial charge in [0, 0.05) is 25.2 Å². The molecular formula is C16H22N4O2S. The van der Waals surface area contributed by atoms with E-state index in [1.165, 1.54) is 12.7 Å². The van der Waals surface area contributed by atoms with Crippen LogP contribution in [0.25, 0.3) is 0 Å². The first-order valence-electron chi connectivity index (χ1n) is 7.84. The van der Waals surface area contributed by atoms with Crippen molar-refractivity contribution in [2.24, 2.45) is 0 Å². The van der Waals surface area contributed by atoms with E-state index in [0.29, 0.717) is 10.9 Å². The van der Waals surface area contributed by atoms with Gasteiger partial charge in [0.1, 0.15) is 0 Å². The molecule has 7 heteroatoms. The number of H-pyrrole nitrogens is 1. The van der Waals surface area contributed by atoms with Crippen molar-refractivity contribution in [2.45, 2.75) is 37.2 Å². The quantitative estimate of drug-likeness (QED) is 0.874. The van der Waals surface area contributed by atoms with Gasteiger partial charge in [0.2, 0.25) is 10.0 Å². The van der Waals surface area contributed by atoms with Crippen molar-refractivity contribution in [2.75, 3.05) is 13.6 Å². The standard InChI is InChI=1S/C16H22N4O2S/c1-3-15-16-14(18-11-19-16)8-9-20(15)10-12-4-6-13(7-5-12)23(21,22)17-2/h4-7,11,15,17H,3,8-10H2,1-2H3,(H,18,19)/t15-/m0/s1. The van der Waals surface area contributed by atoms with Crippen LogP contribution in [0.1, 0.15) is 36.3 Å². The molecule has 0 bridgehead atoms. The third-order valence-electron chi connectivity index (χ3n) is 4.43. The number of aromatic amines is 1. The summed E-state index contributed by atoms with van der Waals surface area (Å²) in [6.45, 7) is 3.94. The van der Waals surface area contributed by atoms with Crippen molar-refractivity contribution in [1.82, 2.24) is 19.6 Å². The SMILES string of the molecule is CC[C@H]1c2nc[nH]c2CCN1Cc1ccc(S(=O)(=O)NC)cc1. The Balaban J connectivity index is 1.77. The molecule has 1 aromatic heterocycles. The van der Waals surface area contributed by atoms with Gasteiger partial charge in [0.25, 0.3) is 0 Å². The Bertz CT molecular complexity index is 768. The maximum atomic E-state index is 11.8. The number of fused-ring (bicyclic) bond motifs is 1. The van der Waals surface area contributed by atoms with E-state index < -0.39 is 10.0 Å². The molecule has 6 nitrogen and oxygen atoms in total. The van der Waals surface area contributed by atoms with Crippen LogP contribution in [0.5, 0.6) is 0 Å². The van der Waals surface area contributed by atoms with E-state index in [1.54, 1.807) is 18.5 Å². The molecule has 0 amide bonds. The summed E-state index contributed by atoms with van der Waals surface area (Å²) in [6.07, 6.45) is 3.75. The Hall–Kier alpha value is -1.70. The maximum absolute atomic E-state index is 11.8. The van der Waals surface area contributed by atoms with Crippen molar-refractivity contribution in [1.29, 1.82) is 0 Å². The van der Waals surface area contributed by atoms with Crippen LogP contribution < -0.4 is 4.72 Å². The second kappa shape index (κ2) is 6.43. The van der Waals surface area contributed by atoms with Crippen LogP contribution in [0.15, 0.2) is 35.5 Å². The summed E-state index contributed by atoms with van der Waals surface area (Å²) >= 11 is 0. The minimum Gasteiger partial charge on any atom is -0.348 e. The van der Waals surface area contributed by atoms with Gasteiger partial charge in [0.05, 0.1) is 23.0 Å². The van der Waals surface area contributed by atoms with Gasteiger partial charge in [-0.25, -0.2) is 18.1 Å². The number of hydrogen-bond donors (Lipinski definition) is 2. The summed E-state index contributed by atoms with van der Waals surface area (Å²) in [5.74, 6) is 0. The number of aromatic nitrogens is 2. The van der Waals surface area contributed by atoms with Gasteiger partial charge in [-0.05, 0) is 31.2 Å². The minimum atomic E-state index is -3.37. The van der Waals surface area contributed by atoms with Crippen LogP contribution in [0, 0.1) is 0 Å². The molecule has 0 saturated carbocycles. The normalized spacial score (nSPS) is 18.8. The summed E-state index contributed by atoms with van der Waals surface area (Å²) in [4.78, 5) is 10.4. The fourth-order valence-corrected chi connectivity index (χ4v) is 3.90. The first-order chi connectivity index (χ1) is 11.0. The number of nitrogens with zero attached hydrogens (tertiary/aromatic N) is 2. The van der Waals surface area contributed by atoms with Crippen molar-refractivity contribution in [3.05, 3.63) is 47.5 Å². The Morgan fingerprint density at radius 3 is 2.74 bits per heavy atom. The van der Waals surface area contributed by atoms with Gasteiger partial charge in [-0.1, -0.05) is 19.1 Å². The van der Waals surface area contributed by atoms with E-state index in [2.05, 4.69) is 26.5 Å². The molecule has 23 heavy (non-hydrogen) atoms. The molecule has 1 aliphatic heterocycles. The van der Waals surface area contributed by atoms with Crippen LogP contribution in [0.2, 0.25) is 0 Å². The predicted octanol–water partition coefficient (Wildman–Crippen LogP) is 1.83. The topological polar surface area (TPSA) is 78.1 Å². The molecule has 3 rings (SSSR count). The molecule has 0 unspecified atom stereocenters. The zero-order valence-corrected chi connectivity index (χ0v) is 14.2. The Morgan fingerprint density at radius 1 is 1.35 bits per heavy atom. The number of benzene rings is 1. The van der Waals surface area contributed by atoms with Crippen LogP contribution in [-0.2, 0) is 23.0 Å². The fourth-order valence-electron chi connectivity index (χ4n) is 3.17. The van der Waals surface area contributed by atoms with Gasteiger partial charge in [0.15, 0.2) is 0 Å². The molecule has 2 heterocycles. The highest BCUT2D eigenvalue weighted by atomic mass is 32.2. The lowest BCUT2D eigenvalue weighted by molar-refractivity contribution is 0.167. The van der Waals surface area contributed by atoms with E-state index in [1.807, 2.05) is 12.1 Å². The summed E-state index contributed by atoms with van der Waals surface area (Å²) in [7, 11) is -1.95. The Kier molecular flexibility index (Phi) is 4.52. The summed E-state index contributed by atoms with van der Waals surface area (Å²) in [5.41, 5.74) is 3.49. The van der Waals surface area contributed by atoms with Crippen molar-refractivity contribution < 1.29 is 8.42 Å². The molecule has 1 atom stereocenters. The number of imidazole rings is 1. The maximum Gasteiger partial charge on any atom is 0.240 e. The minimum absolute atomic E-state index is 0.295. The van der Waals surface area contributed by atoms with Gasteiger partial charge >= 0.3 is 0 Å². The predicted molar refractivity (Wildman–Crippen MR) is 88.4 cm³/mol. The lowest BCUT2D eigenvalue weighted by Crippen LogP contribution is -2.34. The van der Waals surface area contributed by atoms with E-state index in [9.17, 15) is 8.42 Å². The van der Waals surface area contributed by atoms with Crippen molar-refractivity contribution >= 4 is 10.0 Å². The molecule has 0 radical (unpaired) electrons. The van der Waals surface area contributed by atoms with Gasteiger partial charge in [-0.15, -0.1) is 0 Å². The highest BCUT2D eigenvalue weighted by Gasteiger charge is 2.28. The second-order valence-corrected chi connectivity index (χ2v) is 7.65. The molecule has 0 aliphatic carbocycles. The van der Waals surface area contributed by atoms with Crippen molar-refractivity contribution in [3.63, 3.8) is 0 Å². The first-order valence-corrected chi connectivity index (χ1v) is 9.32. The average Bonchev–Trinajstić information content (AvgIpc) is 3.04. The summed E-state index contributed by atoms with van der Waals surface area (Å²) < 4.78 is 25.9. The van der Waals surface area contributed by atoms with E-state index in [-0.39, 0.29) is 0 Å². The largest absolute Gasteiger partial charge is 0.348 e. The third kappa shape index (κ3) is 3.17. The monoisotopic (exact) mass is 334 g/mol. The van der Waals surface area contributed by atoms with E-state index in [0.717, 1.165) is 37.2 Å². The number of sulfonamides is 1. The van der Waals surface area contributed by atoms with Crippen molar-refractivity contribution in [3.8, 4) is 0 Å². The highest BCUT2D eigenvalue weighted by molar-refractivity contribution is 7.89. The molecular weight excluding hydrogens is 312 g/mol. The Labute approximate surface area is 137 Å². The second-order valence-electron chi connectivity index (χ2n) is 5.76. The molecule has 0 spiro atoms. The van der Waals surface area contributed by atoms with Crippen LogP contribution in [0.4, 0.5) is 0 Å².